The van der Waals surface area contributed by atoms with Crippen LogP contribution in [0.15, 0.2) is 36.7 Å². The third-order valence-corrected chi connectivity index (χ3v) is 7.62. The summed E-state index contributed by atoms with van der Waals surface area (Å²) in [5, 5.41) is 0.865. The maximum Gasteiger partial charge on any atom is 0.306 e. The third kappa shape index (κ3) is 6.77. The Bertz CT molecular complexity index is 1650. The first-order valence-corrected chi connectivity index (χ1v) is 14.5. The van der Waals surface area contributed by atoms with Gasteiger partial charge in [-0.05, 0) is 70.2 Å². The molecule has 218 valence electrons. The molecular formula is C32H34ClN5O4. The Labute approximate surface area is 250 Å². The summed E-state index contributed by atoms with van der Waals surface area (Å²) < 4.78 is 18.8. The minimum absolute atomic E-state index is 0.0822. The predicted molar refractivity (Wildman–Crippen MR) is 162 cm³/mol. The van der Waals surface area contributed by atoms with Gasteiger partial charge >= 0.3 is 5.97 Å². The number of carbonyl (C=O) groups is 1. The molecule has 0 spiro atoms. The number of nitrogen functional groups attached to an aromatic ring is 1. The Morgan fingerprint density at radius 1 is 1.14 bits per heavy atom. The average molecular weight is 588 g/mol. The molecule has 0 bridgehead atoms. The van der Waals surface area contributed by atoms with Gasteiger partial charge in [-0.15, -0.1) is 0 Å². The number of halogens is 1. The number of hydrogen-bond donors (Lipinski definition) is 1. The summed E-state index contributed by atoms with van der Waals surface area (Å²) in [5.41, 5.74) is 10.7. The van der Waals surface area contributed by atoms with Gasteiger partial charge in [-0.2, -0.15) is 4.98 Å². The monoisotopic (exact) mass is 587 g/mol. The summed E-state index contributed by atoms with van der Waals surface area (Å²) in [6.07, 6.45) is 9.00. The van der Waals surface area contributed by atoms with Crippen LogP contribution in [0.25, 0.3) is 11.0 Å². The van der Waals surface area contributed by atoms with E-state index in [2.05, 4.69) is 26.8 Å². The van der Waals surface area contributed by atoms with E-state index in [9.17, 15) is 4.79 Å². The van der Waals surface area contributed by atoms with Gasteiger partial charge in [0.15, 0.2) is 0 Å². The number of nitrogens with two attached hydrogens (primary N) is 1. The molecule has 1 saturated carbocycles. The molecule has 42 heavy (non-hydrogen) atoms. The molecule has 0 radical (unpaired) electrons. The average Bonchev–Trinajstić information content (AvgIpc) is 3.60. The fraction of sp³-hybridized carbons (Fsp3) is 0.375. The number of ether oxygens (including phenoxy) is 3. The van der Waals surface area contributed by atoms with Crippen LogP contribution in [0.4, 0.5) is 5.95 Å². The fourth-order valence-electron chi connectivity index (χ4n) is 5.20. The number of aromatic nitrogens is 4. The Hall–Kier alpha value is -4.29. The van der Waals surface area contributed by atoms with Gasteiger partial charge in [0.2, 0.25) is 5.95 Å². The molecule has 9 nitrogen and oxygen atoms in total. The lowest BCUT2D eigenvalue weighted by molar-refractivity contribution is -0.148. The number of methoxy groups -OCH3 is 1. The van der Waals surface area contributed by atoms with Crippen molar-refractivity contribution in [3.63, 3.8) is 0 Å². The van der Waals surface area contributed by atoms with E-state index < -0.39 is 0 Å². The fourth-order valence-corrected chi connectivity index (χ4v) is 5.47. The van der Waals surface area contributed by atoms with Crippen LogP contribution in [0, 0.1) is 25.7 Å². The zero-order valence-corrected chi connectivity index (χ0v) is 24.8. The zero-order chi connectivity index (χ0) is 29.6. The molecule has 2 N–H and O–H groups in total. The number of esters is 1. The van der Waals surface area contributed by atoms with E-state index in [-0.39, 0.29) is 23.2 Å². The first-order valence-electron chi connectivity index (χ1n) is 14.1. The second-order valence-corrected chi connectivity index (χ2v) is 10.8. The molecule has 3 aromatic heterocycles. The molecule has 10 heteroatoms. The number of pyridine rings is 1. The molecule has 0 aliphatic heterocycles. The first-order chi connectivity index (χ1) is 20.3. The molecule has 5 rings (SSSR count). The van der Waals surface area contributed by atoms with Crippen molar-refractivity contribution < 1.29 is 19.0 Å². The summed E-state index contributed by atoms with van der Waals surface area (Å²) >= 11 is 6.51. The van der Waals surface area contributed by atoms with E-state index in [0.29, 0.717) is 48.3 Å². The highest BCUT2D eigenvalue weighted by Gasteiger charge is 2.19. The topological polar surface area (TPSA) is 114 Å². The highest BCUT2D eigenvalue weighted by Crippen LogP contribution is 2.29. The number of hydrogen-bond acceptors (Lipinski definition) is 8. The van der Waals surface area contributed by atoms with Crippen molar-refractivity contribution in [3.05, 3.63) is 69.8 Å². The van der Waals surface area contributed by atoms with E-state index in [1.165, 1.54) is 0 Å². The van der Waals surface area contributed by atoms with Gasteiger partial charge in [0.05, 0.1) is 36.9 Å². The molecule has 4 aromatic rings. The maximum absolute atomic E-state index is 12.0. The van der Waals surface area contributed by atoms with E-state index in [1.807, 2.05) is 48.9 Å². The van der Waals surface area contributed by atoms with E-state index in [4.69, 9.17) is 31.5 Å². The van der Waals surface area contributed by atoms with E-state index in [1.54, 1.807) is 13.3 Å². The lowest BCUT2D eigenvalue weighted by atomic mass is 10.1. The standard InChI is InChI=1S/C32H34ClN5O4/c1-20-17-35-26(21(2)29(20)40-3)19-38-18-23(28-30(33)36-32(34)37-31(28)38)13-10-22-11-14-24(15-12-22)41-16-6-9-27(39)42-25-7-4-5-8-25/h11-12,14-15,17-18,25H,4-9,16,19H2,1-3H3,(H2,34,36,37). The summed E-state index contributed by atoms with van der Waals surface area (Å²) in [4.78, 5) is 25.2. The van der Waals surface area contributed by atoms with E-state index in [0.717, 1.165) is 53.8 Å². The molecule has 1 aliphatic rings. The molecule has 1 aromatic carbocycles. The van der Waals surface area contributed by atoms with Gasteiger partial charge in [-0.1, -0.05) is 23.4 Å². The number of rotatable bonds is 9. The molecule has 0 amide bonds. The van der Waals surface area contributed by atoms with Crippen molar-refractivity contribution in [1.29, 1.82) is 0 Å². The minimum atomic E-state index is -0.143. The molecule has 3 heterocycles. The van der Waals surface area contributed by atoms with Crippen molar-refractivity contribution in [2.75, 3.05) is 19.5 Å². The van der Waals surface area contributed by atoms with Crippen LogP contribution in [-0.2, 0) is 16.1 Å². The van der Waals surface area contributed by atoms with E-state index >= 15 is 0 Å². The van der Waals surface area contributed by atoms with Gasteiger partial charge in [0.25, 0.3) is 0 Å². The molecular weight excluding hydrogens is 554 g/mol. The Morgan fingerprint density at radius 3 is 2.64 bits per heavy atom. The Morgan fingerprint density at radius 2 is 1.90 bits per heavy atom. The predicted octanol–water partition coefficient (Wildman–Crippen LogP) is 5.78. The normalized spacial score (nSPS) is 13.1. The number of benzene rings is 1. The summed E-state index contributed by atoms with van der Waals surface area (Å²) in [7, 11) is 1.65. The molecule has 0 unspecified atom stereocenters. The summed E-state index contributed by atoms with van der Waals surface area (Å²) in [5.74, 6) is 7.86. The molecule has 1 fully saturated rings. The summed E-state index contributed by atoms with van der Waals surface area (Å²) in [6.45, 7) is 4.81. The van der Waals surface area contributed by atoms with Crippen LogP contribution in [-0.4, -0.2) is 45.3 Å². The lowest BCUT2D eigenvalue weighted by Crippen LogP contribution is -2.15. The van der Waals surface area contributed by atoms with Crippen LogP contribution < -0.4 is 15.2 Å². The van der Waals surface area contributed by atoms with Crippen molar-refractivity contribution in [2.45, 2.75) is 65.0 Å². The van der Waals surface area contributed by atoms with Crippen LogP contribution in [0.3, 0.4) is 0 Å². The van der Waals surface area contributed by atoms with Crippen molar-refractivity contribution >= 4 is 34.6 Å². The van der Waals surface area contributed by atoms with Crippen molar-refractivity contribution in [2.24, 2.45) is 0 Å². The first kappa shape index (κ1) is 29.2. The number of carbonyl (C=O) groups excluding carboxylic acids is 1. The van der Waals surface area contributed by atoms with Crippen LogP contribution in [0.5, 0.6) is 11.5 Å². The van der Waals surface area contributed by atoms with Crippen molar-refractivity contribution in [1.82, 2.24) is 19.5 Å². The second kappa shape index (κ2) is 13.1. The molecule has 0 saturated heterocycles. The Balaban J connectivity index is 1.27. The number of aryl methyl sites for hydroxylation is 1. The van der Waals surface area contributed by atoms with Crippen molar-refractivity contribution in [3.8, 4) is 23.3 Å². The third-order valence-electron chi connectivity index (χ3n) is 7.35. The maximum atomic E-state index is 12.0. The number of nitrogens with zero attached hydrogens (tertiary/aromatic N) is 4. The number of anilines is 1. The van der Waals surface area contributed by atoms with Gasteiger partial charge in [0, 0.05) is 35.5 Å². The van der Waals surface area contributed by atoms with Gasteiger partial charge in [0.1, 0.15) is 28.4 Å². The highest BCUT2D eigenvalue weighted by molar-refractivity contribution is 6.34. The quantitative estimate of drug-likeness (QED) is 0.113. The van der Waals surface area contributed by atoms with Gasteiger partial charge in [-0.3, -0.25) is 9.78 Å². The molecule has 1 aliphatic carbocycles. The molecule has 0 atom stereocenters. The Kier molecular flexibility index (Phi) is 9.13. The summed E-state index contributed by atoms with van der Waals surface area (Å²) in [6, 6.07) is 7.50. The number of fused-ring (bicyclic) bond motifs is 1. The SMILES string of the molecule is COc1c(C)cnc(Cn2cc(C#Cc3ccc(OCCCC(=O)OC4CCCC4)cc3)c3c(Cl)nc(N)nc32)c1C. The second-order valence-electron chi connectivity index (χ2n) is 10.4. The van der Waals surface area contributed by atoms with Crippen LogP contribution >= 0.6 is 11.6 Å². The lowest BCUT2D eigenvalue weighted by Gasteiger charge is -2.13. The van der Waals surface area contributed by atoms with Crippen LogP contribution in [0.2, 0.25) is 5.15 Å². The van der Waals surface area contributed by atoms with Gasteiger partial charge < -0.3 is 24.5 Å². The van der Waals surface area contributed by atoms with Gasteiger partial charge in [-0.25, -0.2) is 4.98 Å². The zero-order valence-electron chi connectivity index (χ0n) is 24.1. The largest absolute Gasteiger partial charge is 0.496 e. The smallest absolute Gasteiger partial charge is 0.306 e. The highest BCUT2D eigenvalue weighted by atomic mass is 35.5. The van der Waals surface area contributed by atoms with Crippen LogP contribution in [0.1, 0.15) is 66.5 Å². The minimum Gasteiger partial charge on any atom is -0.496 e.